The fourth-order valence-corrected chi connectivity index (χ4v) is 4.01. The summed E-state index contributed by atoms with van der Waals surface area (Å²) in [7, 11) is 0. The highest BCUT2D eigenvalue weighted by Crippen LogP contribution is 2.37. The lowest BCUT2D eigenvalue weighted by molar-refractivity contribution is 1.35. The van der Waals surface area contributed by atoms with Gasteiger partial charge in [0.2, 0.25) is 0 Å². The Kier molecular flexibility index (Phi) is 4.78. The van der Waals surface area contributed by atoms with E-state index in [-0.39, 0.29) is 0 Å². The summed E-state index contributed by atoms with van der Waals surface area (Å²) in [5.41, 5.74) is 10.7. The van der Waals surface area contributed by atoms with Gasteiger partial charge >= 0.3 is 0 Å². The van der Waals surface area contributed by atoms with Gasteiger partial charge in [0.05, 0.1) is 22.7 Å². The van der Waals surface area contributed by atoms with Crippen LogP contribution in [-0.4, -0.2) is 5.71 Å². The monoisotopic (exact) mass is 377 g/mol. The molecule has 0 bridgehead atoms. The number of aliphatic imine (C=N–C) groups is 1. The molecule has 1 N–H and O–H groups in total. The number of allylic oxidation sites excluding steroid dienone is 2. The first-order valence-corrected chi connectivity index (χ1v) is 9.72. The number of aryl methyl sites for hydroxylation is 4. The molecular weight excluding hydrogens is 354 g/mol. The van der Waals surface area contributed by atoms with Gasteiger partial charge in [0, 0.05) is 11.3 Å². The molecule has 0 atom stereocenters. The van der Waals surface area contributed by atoms with E-state index in [9.17, 15) is 5.26 Å². The molecule has 0 aliphatic carbocycles. The van der Waals surface area contributed by atoms with Crippen LogP contribution in [0.4, 0.5) is 11.4 Å². The number of nitriles is 1. The Balaban J connectivity index is 2.01. The van der Waals surface area contributed by atoms with Crippen LogP contribution < -0.4 is 5.32 Å². The molecule has 3 aromatic rings. The van der Waals surface area contributed by atoms with Crippen molar-refractivity contribution < 1.29 is 0 Å². The summed E-state index contributed by atoms with van der Waals surface area (Å²) in [6.07, 6.45) is 0. The zero-order chi connectivity index (χ0) is 20.5. The SMILES string of the molecule is Cc1cc(C)cc(N=C2/C(=C(\C#N)c3ccccc3)Nc3cc(C)cc(C)c32)c1. The third kappa shape index (κ3) is 3.58. The number of hydrogen-bond donors (Lipinski definition) is 1. The van der Waals surface area contributed by atoms with Crippen molar-refractivity contribution >= 4 is 22.7 Å². The van der Waals surface area contributed by atoms with E-state index in [4.69, 9.17) is 4.99 Å². The number of anilines is 1. The molecule has 3 aromatic carbocycles. The topological polar surface area (TPSA) is 48.2 Å². The molecule has 3 nitrogen and oxygen atoms in total. The zero-order valence-corrected chi connectivity index (χ0v) is 17.2. The van der Waals surface area contributed by atoms with Crippen molar-refractivity contribution in [3.05, 3.63) is 99.7 Å². The third-order valence-electron chi connectivity index (χ3n) is 5.08. The van der Waals surface area contributed by atoms with E-state index in [0.29, 0.717) is 5.57 Å². The van der Waals surface area contributed by atoms with Gasteiger partial charge in [-0.15, -0.1) is 0 Å². The van der Waals surface area contributed by atoms with Crippen molar-refractivity contribution in [2.45, 2.75) is 27.7 Å². The Morgan fingerprint density at radius 3 is 2.17 bits per heavy atom. The summed E-state index contributed by atoms with van der Waals surface area (Å²) < 4.78 is 0. The average molecular weight is 377 g/mol. The van der Waals surface area contributed by atoms with Crippen LogP contribution in [0.25, 0.3) is 5.57 Å². The molecule has 0 amide bonds. The molecule has 0 spiro atoms. The van der Waals surface area contributed by atoms with Gasteiger partial charge in [0.25, 0.3) is 0 Å². The predicted octanol–water partition coefficient (Wildman–Crippen LogP) is 6.40. The van der Waals surface area contributed by atoms with Crippen LogP contribution in [0.15, 0.2) is 71.4 Å². The number of hydrogen-bond acceptors (Lipinski definition) is 3. The van der Waals surface area contributed by atoms with Crippen LogP contribution in [-0.2, 0) is 0 Å². The average Bonchev–Trinajstić information content (AvgIpc) is 3.00. The fraction of sp³-hybridized carbons (Fsp3) is 0.154. The number of fused-ring (bicyclic) bond motifs is 1. The van der Waals surface area contributed by atoms with Crippen LogP contribution in [0.2, 0.25) is 0 Å². The number of benzene rings is 3. The second-order valence-electron chi connectivity index (χ2n) is 7.66. The zero-order valence-electron chi connectivity index (χ0n) is 17.2. The van der Waals surface area contributed by atoms with Gasteiger partial charge in [-0.3, -0.25) is 0 Å². The highest BCUT2D eigenvalue weighted by molar-refractivity contribution is 6.27. The van der Waals surface area contributed by atoms with E-state index in [1.165, 1.54) is 16.7 Å². The largest absolute Gasteiger partial charge is 0.352 e. The highest BCUT2D eigenvalue weighted by atomic mass is 15.0. The van der Waals surface area contributed by atoms with Crippen LogP contribution in [0.3, 0.4) is 0 Å². The molecule has 0 saturated heterocycles. The molecule has 0 aromatic heterocycles. The molecule has 0 unspecified atom stereocenters. The lowest BCUT2D eigenvalue weighted by Crippen LogP contribution is -2.06. The lowest BCUT2D eigenvalue weighted by Gasteiger charge is -2.08. The molecule has 1 aliphatic heterocycles. The summed E-state index contributed by atoms with van der Waals surface area (Å²) in [6, 6.07) is 22.8. The van der Waals surface area contributed by atoms with Crippen LogP contribution in [0, 0.1) is 39.0 Å². The standard InChI is InChI=1S/C26H23N3/c1-16-10-17(2)13-21(12-16)28-26-24-19(4)11-18(3)14-23(24)29-25(26)22(15-27)20-8-6-5-7-9-20/h5-14,29H,1-4H3/b25-22-,28-26?. The molecule has 29 heavy (non-hydrogen) atoms. The first kappa shape index (κ1) is 18.7. The second-order valence-corrected chi connectivity index (χ2v) is 7.66. The summed E-state index contributed by atoms with van der Waals surface area (Å²) in [6.45, 7) is 8.34. The maximum absolute atomic E-state index is 10.0. The number of rotatable bonds is 2. The normalized spacial score (nSPS) is 15.6. The van der Waals surface area contributed by atoms with Crippen molar-refractivity contribution in [1.29, 1.82) is 5.26 Å². The quantitative estimate of drug-likeness (QED) is 0.525. The third-order valence-corrected chi connectivity index (χ3v) is 5.08. The van der Waals surface area contributed by atoms with E-state index < -0.39 is 0 Å². The number of nitrogens with one attached hydrogen (secondary N) is 1. The van der Waals surface area contributed by atoms with Crippen molar-refractivity contribution in [3.63, 3.8) is 0 Å². The maximum Gasteiger partial charge on any atom is 0.102 e. The first-order chi connectivity index (χ1) is 14.0. The Morgan fingerprint density at radius 2 is 1.52 bits per heavy atom. The van der Waals surface area contributed by atoms with E-state index >= 15 is 0 Å². The molecule has 1 aliphatic rings. The summed E-state index contributed by atoms with van der Waals surface area (Å²) >= 11 is 0. The number of nitrogens with zero attached hydrogens (tertiary/aromatic N) is 2. The molecule has 1 heterocycles. The second kappa shape index (κ2) is 7.41. The minimum atomic E-state index is 0.599. The Hall–Kier alpha value is -3.64. The maximum atomic E-state index is 10.0. The Bertz CT molecular complexity index is 1190. The minimum absolute atomic E-state index is 0.599. The Labute approximate surface area is 172 Å². The van der Waals surface area contributed by atoms with Crippen molar-refractivity contribution in [2.24, 2.45) is 4.99 Å². The van der Waals surface area contributed by atoms with Crippen molar-refractivity contribution in [1.82, 2.24) is 0 Å². The molecular formula is C26H23N3. The summed E-state index contributed by atoms with van der Waals surface area (Å²) in [4.78, 5) is 5.03. The van der Waals surface area contributed by atoms with Gasteiger partial charge in [-0.2, -0.15) is 5.26 Å². The smallest absolute Gasteiger partial charge is 0.102 e. The van der Waals surface area contributed by atoms with E-state index in [2.05, 4.69) is 69.4 Å². The molecule has 0 saturated carbocycles. The van der Waals surface area contributed by atoms with Crippen LogP contribution >= 0.6 is 0 Å². The predicted molar refractivity (Wildman–Crippen MR) is 121 cm³/mol. The van der Waals surface area contributed by atoms with Gasteiger partial charge in [-0.05, 0) is 73.7 Å². The van der Waals surface area contributed by atoms with Crippen LogP contribution in [0.1, 0.15) is 33.4 Å². The van der Waals surface area contributed by atoms with E-state index in [1.807, 2.05) is 30.3 Å². The van der Waals surface area contributed by atoms with Crippen molar-refractivity contribution in [3.8, 4) is 6.07 Å². The molecule has 0 radical (unpaired) electrons. The highest BCUT2D eigenvalue weighted by Gasteiger charge is 2.28. The molecule has 4 rings (SSSR count). The minimum Gasteiger partial charge on any atom is -0.352 e. The molecule has 3 heteroatoms. The van der Waals surface area contributed by atoms with E-state index in [1.54, 1.807) is 0 Å². The van der Waals surface area contributed by atoms with Gasteiger partial charge in [0.15, 0.2) is 0 Å². The van der Waals surface area contributed by atoms with Gasteiger partial charge < -0.3 is 5.32 Å². The molecule has 0 fully saturated rings. The van der Waals surface area contributed by atoms with Gasteiger partial charge in [-0.25, -0.2) is 4.99 Å². The summed E-state index contributed by atoms with van der Waals surface area (Å²) in [5.74, 6) is 0. The lowest BCUT2D eigenvalue weighted by atomic mass is 9.97. The van der Waals surface area contributed by atoms with Crippen molar-refractivity contribution in [2.75, 3.05) is 5.32 Å². The summed E-state index contributed by atoms with van der Waals surface area (Å²) in [5, 5.41) is 13.5. The molecule has 142 valence electrons. The van der Waals surface area contributed by atoms with Gasteiger partial charge in [-0.1, -0.05) is 42.5 Å². The van der Waals surface area contributed by atoms with Crippen LogP contribution in [0.5, 0.6) is 0 Å². The van der Waals surface area contributed by atoms with Gasteiger partial charge in [0.1, 0.15) is 6.07 Å². The fourth-order valence-electron chi connectivity index (χ4n) is 4.01. The van der Waals surface area contributed by atoms with E-state index in [0.717, 1.165) is 39.5 Å². The Morgan fingerprint density at radius 1 is 0.862 bits per heavy atom. The first-order valence-electron chi connectivity index (χ1n) is 9.72.